The van der Waals surface area contributed by atoms with Gasteiger partial charge in [-0.05, 0) is 64.1 Å². The minimum absolute atomic E-state index is 0.296. The molecule has 28 heavy (non-hydrogen) atoms. The molecule has 1 unspecified atom stereocenters. The largest absolute Gasteiger partial charge is 0.384 e. The van der Waals surface area contributed by atoms with E-state index >= 15 is 0 Å². The molecule has 0 aromatic heterocycles. The molecule has 6 atom stereocenters. The molecule has 3 heteroatoms. The molecule has 4 fully saturated rings. The number of fused-ring (bicyclic) bond motifs is 2. The number of piperidine rings is 1. The molecule has 0 aromatic rings. The van der Waals surface area contributed by atoms with Crippen LogP contribution < -0.4 is 0 Å². The normalized spacial score (nSPS) is 47.8. The molecule has 1 N–H and O–H groups in total. The molecule has 4 heterocycles. The van der Waals surface area contributed by atoms with E-state index in [2.05, 4.69) is 22.0 Å². The first-order valence-corrected chi connectivity index (χ1v) is 12.6. The number of rotatable bonds is 0. The van der Waals surface area contributed by atoms with Crippen molar-refractivity contribution in [3.05, 3.63) is 12.2 Å². The summed E-state index contributed by atoms with van der Waals surface area (Å²) in [6, 6.07) is 1.08. The summed E-state index contributed by atoms with van der Waals surface area (Å²) in [6.45, 7) is 5.02. The van der Waals surface area contributed by atoms with E-state index in [1.807, 2.05) is 0 Å². The number of hydrogen-bond donors (Lipinski definition) is 1. The van der Waals surface area contributed by atoms with Crippen molar-refractivity contribution in [3.63, 3.8) is 0 Å². The van der Waals surface area contributed by atoms with Gasteiger partial charge in [-0.25, -0.2) is 0 Å². The van der Waals surface area contributed by atoms with Gasteiger partial charge in [-0.2, -0.15) is 0 Å². The summed E-state index contributed by atoms with van der Waals surface area (Å²) in [5, 5.41) is 12.1. The Bertz CT molecular complexity index is 577. The second-order valence-electron chi connectivity index (χ2n) is 10.8. The highest BCUT2D eigenvalue weighted by Crippen LogP contribution is 2.58. The maximum absolute atomic E-state index is 12.1. The summed E-state index contributed by atoms with van der Waals surface area (Å²) < 4.78 is 0. The SMILES string of the molecule is O[C@]12C=C[C@@H]3CCN(CCCCCCCC1)C[C@@]31C[C@@H]3CCCCCCN3[C@H]12. The summed E-state index contributed by atoms with van der Waals surface area (Å²) in [7, 11) is 0. The van der Waals surface area contributed by atoms with Crippen LogP contribution in [-0.4, -0.2) is 58.8 Å². The number of allylic oxidation sites excluding steroid dienone is 1. The zero-order valence-electron chi connectivity index (χ0n) is 18.0. The zero-order chi connectivity index (χ0) is 19.0. The molecule has 0 amide bonds. The summed E-state index contributed by atoms with van der Waals surface area (Å²) in [4.78, 5) is 5.64. The summed E-state index contributed by atoms with van der Waals surface area (Å²) in [5.41, 5.74) is -0.299. The van der Waals surface area contributed by atoms with E-state index < -0.39 is 5.60 Å². The average Bonchev–Trinajstić information content (AvgIpc) is 2.96. The highest BCUT2D eigenvalue weighted by atomic mass is 16.3. The van der Waals surface area contributed by atoms with Gasteiger partial charge in [0.25, 0.3) is 0 Å². The van der Waals surface area contributed by atoms with Crippen LogP contribution in [0.5, 0.6) is 0 Å². The molecule has 158 valence electrons. The van der Waals surface area contributed by atoms with Crippen molar-refractivity contribution in [1.82, 2.24) is 9.80 Å². The van der Waals surface area contributed by atoms with Gasteiger partial charge in [0, 0.05) is 24.0 Å². The van der Waals surface area contributed by atoms with Gasteiger partial charge in [-0.15, -0.1) is 0 Å². The van der Waals surface area contributed by atoms with Crippen LogP contribution in [0.2, 0.25) is 0 Å². The van der Waals surface area contributed by atoms with E-state index in [1.165, 1.54) is 110 Å². The molecule has 5 rings (SSSR count). The third kappa shape index (κ3) is 3.40. The molecule has 3 bridgehead atoms. The van der Waals surface area contributed by atoms with Crippen LogP contribution >= 0.6 is 0 Å². The van der Waals surface area contributed by atoms with Crippen LogP contribution in [0.4, 0.5) is 0 Å². The fourth-order valence-electron chi connectivity index (χ4n) is 7.85. The summed E-state index contributed by atoms with van der Waals surface area (Å²) >= 11 is 0. The maximum atomic E-state index is 12.1. The Morgan fingerprint density at radius 2 is 1.54 bits per heavy atom. The molecule has 4 saturated heterocycles. The van der Waals surface area contributed by atoms with E-state index in [9.17, 15) is 5.11 Å². The van der Waals surface area contributed by atoms with E-state index in [4.69, 9.17) is 0 Å². The third-order valence-corrected chi connectivity index (χ3v) is 9.07. The predicted molar refractivity (Wildman–Crippen MR) is 115 cm³/mol. The Balaban J connectivity index is 1.53. The molecular weight excluding hydrogens is 344 g/mol. The standard InChI is InChI=1S/C25H42N2O/c28-25-14-8-4-1-2-5-9-16-26-18-13-21(12-15-25)24(20-26)19-22-11-7-3-6-10-17-27(22)23(24)25/h12,15,21-23,28H,1-11,13-14,16-20H2/t21-,22+,23-,24+,25+/m1/s1. The highest BCUT2D eigenvalue weighted by molar-refractivity contribution is 5.27. The lowest BCUT2D eigenvalue weighted by molar-refractivity contribution is -0.0952. The van der Waals surface area contributed by atoms with Crippen LogP contribution in [0.25, 0.3) is 0 Å². The Morgan fingerprint density at radius 1 is 0.786 bits per heavy atom. The molecule has 3 nitrogen and oxygen atoms in total. The molecule has 0 saturated carbocycles. The van der Waals surface area contributed by atoms with Crippen molar-refractivity contribution in [2.24, 2.45) is 11.3 Å². The minimum Gasteiger partial charge on any atom is -0.384 e. The predicted octanol–water partition coefficient (Wildman–Crippen LogP) is 4.75. The average molecular weight is 387 g/mol. The molecule has 1 spiro atoms. The fraction of sp³-hybridized carbons (Fsp3) is 0.920. The van der Waals surface area contributed by atoms with Crippen molar-refractivity contribution in [2.45, 2.75) is 108 Å². The van der Waals surface area contributed by atoms with Gasteiger partial charge in [0.1, 0.15) is 0 Å². The molecule has 0 aromatic carbocycles. The van der Waals surface area contributed by atoms with Gasteiger partial charge in [-0.3, -0.25) is 4.90 Å². The fourth-order valence-corrected chi connectivity index (χ4v) is 7.85. The highest BCUT2D eigenvalue weighted by Gasteiger charge is 2.63. The van der Waals surface area contributed by atoms with Crippen LogP contribution in [-0.2, 0) is 0 Å². The smallest absolute Gasteiger partial charge is 0.0988 e. The lowest BCUT2D eigenvalue weighted by Gasteiger charge is -2.56. The number of hydrogen-bond acceptors (Lipinski definition) is 3. The Labute approximate surface area is 172 Å². The monoisotopic (exact) mass is 386 g/mol. The number of aliphatic hydroxyl groups is 1. The van der Waals surface area contributed by atoms with E-state index in [1.54, 1.807) is 0 Å². The van der Waals surface area contributed by atoms with Crippen molar-refractivity contribution >= 4 is 0 Å². The van der Waals surface area contributed by atoms with Crippen LogP contribution in [0, 0.1) is 11.3 Å². The van der Waals surface area contributed by atoms with Crippen molar-refractivity contribution in [3.8, 4) is 0 Å². The topological polar surface area (TPSA) is 26.7 Å². The quantitative estimate of drug-likeness (QED) is 0.609. The maximum Gasteiger partial charge on any atom is 0.0988 e. The molecule has 5 aliphatic rings. The van der Waals surface area contributed by atoms with Crippen LogP contribution in [0.3, 0.4) is 0 Å². The van der Waals surface area contributed by atoms with Crippen molar-refractivity contribution in [1.29, 1.82) is 0 Å². The van der Waals surface area contributed by atoms with Crippen molar-refractivity contribution in [2.75, 3.05) is 26.2 Å². The molecule has 4 aliphatic heterocycles. The second kappa shape index (κ2) is 8.04. The van der Waals surface area contributed by atoms with Gasteiger partial charge >= 0.3 is 0 Å². The Kier molecular flexibility index (Phi) is 5.62. The summed E-state index contributed by atoms with van der Waals surface area (Å²) in [5.74, 6) is 0.687. The lowest BCUT2D eigenvalue weighted by atomic mass is 9.57. The van der Waals surface area contributed by atoms with Gasteiger partial charge in [0.15, 0.2) is 0 Å². The lowest BCUT2D eigenvalue weighted by Crippen LogP contribution is -2.65. The van der Waals surface area contributed by atoms with Crippen LogP contribution in [0.1, 0.15) is 89.9 Å². The Morgan fingerprint density at radius 3 is 2.43 bits per heavy atom. The van der Waals surface area contributed by atoms with Gasteiger partial charge in [0.2, 0.25) is 0 Å². The number of nitrogens with zero attached hydrogens (tertiary/aromatic N) is 2. The zero-order valence-corrected chi connectivity index (χ0v) is 18.0. The Hall–Kier alpha value is -0.380. The first kappa shape index (κ1) is 19.6. The van der Waals surface area contributed by atoms with Gasteiger partial charge in [-0.1, -0.05) is 63.5 Å². The van der Waals surface area contributed by atoms with Crippen LogP contribution in [0.15, 0.2) is 12.2 Å². The second-order valence-corrected chi connectivity index (χ2v) is 10.8. The first-order chi connectivity index (χ1) is 13.7. The summed E-state index contributed by atoms with van der Waals surface area (Å²) in [6.07, 6.45) is 23.3. The van der Waals surface area contributed by atoms with Crippen molar-refractivity contribution < 1.29 is 5.11 Å². The third-order valence-electron chi connectivity index (χ3n) is 9.07. The molecule has 0 radical (unpaired) electrons. The molecular formula is C25H42N2O. The van der Waals surface area contributed by atoms with E-state index in [0.29, 0.717) is 23.4 Å². The van der Waals surface area contributed by atoms with Gasteiger partial charge < -0.3 is 10.0 Å². The minimum atomic E-state index is -0.596. The van der Waals surface area contributed by atoms with E-state index in [0.717, 1.165) is 6.42 Å². The van der Waals surface area contributed by atoms with E-state index in [-0.39, 0.29) is 0 Å². The molecule has 1 aliphatic carbocycles. The first-order valence-electron chi connectivity index (χ1n) is 12.6. The van der Waals surface area contributed by atoms with Gasteiger partial charge in [0.05, 0.1) is 5.60 Å².